The first kappa shape index (κ1) is 18.7. The van der Waals surface area contributed by atoms with Gasteiger partial charge in [-0.2, -0.15) is 0 Å². The zero-order valence-corrected chi connectivity index (χ0v) is 14.4. The summed E-state index contributed by atoms with van der Waals surface area (Å²) in [6.07, 6.45) is 5.93. The highest BCUT2D eigenvalue weighted by Gasteiger charge is 2.31. The molecule has 1 aliphatic rings. The molecule has 0 aromatic heterocycles. The maximum Gasteiger partial charge on any atom is 0.334 e. The molecule has 0 bridgehead atoms. The van der Waals surface area contributed by atoms with E-state index >= 15 is 0 Å². The van der Waals surface area contributed by atoms with Gasteiger partial charge in [0.1, 0.15) is 0 Å². The van der Waals surface area contributed by atoms with E-state index in [2.05, 4.69) is 27.7 Å². The summed E-state index contributed by atoms with van der Waals surface area (Å²) in [6, 6.07) is 0. The van der Waals surface area contributed by atoms with Crippen LogP contribution in [0.2, 0.25) is 0 Å². The maximum absolute atomic E-state index is 12.2. The average molecular weight is 310 g/mol. The van der Waals surface area contributed by atoms with E-state index in [0.29, 0.717) is 37.0 Å². The molecule has 4 nitrogen and oxygen atoms in total. The van der Waals surface area contributed by atoms with Crippen LogP contribution < -0.4 is 0 Å². The summed E-state index contributed by atoms with van der Waals surface area (Å²) in [5.74, 6) is -0.105. The Bertz CT molecular complexity index is 396. The Morgan fingerprint density at radius 3 is 2.27 bits per heavy atom. The molecule has 126 valence electrons. The highest BCUT2D eigenvalue weighted by Crippen LogP contribution is 2.27. The maximum atomic E-state index is 12.2. The third kappa shape index (κ3) is 6.63. The van der Waals surface area contributed by atoms with Crippen molar-refractivity contribution in [3.8, 4) is 0 Å². The Labute approximate surface area is 134 Å². The molecule has 0 fully saturated rings. The van der Waals surface area contributed by atoms with E-state index in [1.54, 1.807) is 0 Å². The van der Waals surface area contributed by atoms with Gasteiger partial charge >= 0.3 is 11.9 Å². The first-order valence-electron chi connectivity index (χ1n) is 8.45. The second kappa shape index (κ2) is 9.65. The number of carbonyl (C=O) groups is 2. The third-order valence-corrected chi connectivity index (χ3v) is 3.82. The van der Waals surface area contributed by atoms with Gasteiger partial charge in [0.2, 0.25) is 0 Å². The molecule has 1 atom stereocenters. The van der Waals surface area contributed by atoms with E-state index < -0.39 is 5.92 Å². The summed E-state index contributed by atoms with van der Waals surface area (Å²) in [5.41, 5.74) is 0.490. The average Bonchev–Trinajstić information content (AvgIpc) is 2.46. The van der Waals surface area contributed by atoms with Gasteiger partial charge < -0.3 is 9.47 Å². The Hall–Kier alpha value is -1.32. The van der Waals surface area contributed by atoms with Crippen LogP contribution >= 0.6 is 0 Å². The first-order chi connectivity index (χ1) is 10.4. The predicted molar refractivity (Wildman–Crippen MR) is 86.3 cm³/mol. The molecule has 0 heterocycles. The number of hydrogen-bond donors (Lipinski definition) is 0. The molecule has 0 aromatic carbocycles. The highest BCUT2D eigenvalue weighted by atomic mass is 16.5. The van der Waals surface area contributed by atoms with Gasteiger partial charge in [-0.05, 0) is 43.9 Å². The molecule has 4 heteroatoms. The third-order valence-electron chi connectivity index (χ3n) is 3.82. The monoisotopic (exact) mass is 310 g/mol. The van der Waals surface area contributed by atoms with Gasteiger partial charge in [0.05, 0.1) is 19.1 Å². The van der Waals surface area contributed by atoms with Crippen molar-refractivity contribution in [2.45, 2.75) is 59.8 Å². The number of hydrogen-bond acceptors (Lipinski definition) is 4. The zero-order chi connectivity index (χ0) is 16.5. The van der Waals surface area contributed by atoms with Crippen LogP contribution in [0.25, 0.3) is 0 Å². The summed E-state index contributed by atoms with van der Waals surface area (Å²) < 4.78 is 10.6. The molecule has 0 aromatic rings. The molecule has 0 spiro atoms. The van der Waals surface area contributed by atoms with Crippen LogP contribution in [0.15, 0.2) is 11.6 Å². The lowest BCUT2D eigenvalue weighted by Crippen LogP contribution is -2.27. The highest BCUT2D eigenvalue weighted by molar-refractivity contribution is 5.95. The van der Waals surface area contributed by atoms with E-state index in [1.807, 2.05) is 6.08 Å². The Balaban J connectivity index is 2.53. The number of allylic oxidation sites excluding steroid dienone is 1. The van der Waals surface area contributed by atoms with Gasteiger partial charge in [-0.3, -0.25) is 4.79 Å². The zero-order valence-electron chi connectivity index (χ0n) is 14.4. The number of esters is 2. The minimum Gasteiger partial charge on any atom is -0.465 e. The summed E-state index contributed by atoms with van der Waals surface area (Å²) in [6.45, 7) is 9.18. The fraction of sp³-hybridized carbons (Fsp3) is 0.778. The quantitative estimate of drug-likeness (QED) is 0.638. The van der Waals surface area contributed by atoms with Gasteiger partial charge in [0.25, 0.3) is 0 Å². The van der Waals surface area contributed by atoms with Crippen LogP contribution in [0.1, 0.15) is 59.8 Å². The molecule has 1 rings (SSSR count). The SMILES string of the molecule is CC(C)CCOC(=O)C1=CCCCC1C(=O)OCCC(C)C. The van der Waals surface area contributed by atoms with E-state index in [4.69, 9.17) is 9.47 Å². The standard InChI is InChI=1S/C18H30O4/c1-13(2)9-11-21-17(19)15-7-5-6-8-16(15)18(20)22-12-10-14(3)4/h7,13-14,16H,5-6,8-12H2,1-4H3. The summed E-state index contributed by atoms with van der Waals surface area (Å²) in [5, 5.41) is 0. The Kier molecular flexibility index (Phi) is 8.21. The van der Waals surface area contributed by atoms with Crippen LogP contribution in [0.4, 0.5) is 0 Å². The summed E-state index contributed by atoms with van der Waals surface area (Å²) in [4.78, 5) is 24.4. The lowest BCUT2D eigenvalue weighted by atomic mass is 9.87. The first-order valence-corrected chi connectivity index (χ1v) is 8.45. The molecule has 22 heavy (non-hydrogen) atoms. The molecule has 0 radical (unpaired) electrons. The van der Waals surface area contributed by atoms with Crippen LogP contribution in [-0.4, -0.2) is 25.2 Å². The van der Waals surface area contributed by atoms with E-state index in [1.165, 1.54) is 0 Å². The number of ether oxygens (including phenoxy) is 2. The smallest absolute Gasteiger partial charge is 0.334 e. The van der Waals surface area contributed by atoms with Gasteiger partial charge in [-0.1, -0.05) is 33.8 Å². The summed E-state index contributed by atoms with van der Waals surface area (Å²) >= 11 is 0. The van der Waals surface area contributed by atoms with Crippen molar-refractivity contribution in [1.82, 2.24) is 0 Å². The predicted octanol–water partition coefficient (Wildman–Crippen LogP) is 3.89. The fourth-order valence-corrected chi connectivity index (χ4v) is 2.31. The van der Waals surface area contributed by atoms with Crippen molar-refractivity contribution in [1.29, 1.82) is 0 Å². The molecule has 0 amide bonds. The van der Waals surface area contributed by atoms with Crippen molar-refractivity contribution >= 4 is 11.9 Å². The van der Waals surface area contributed by atoms with Crippen molar-refractivity contribution < 1.29 is 19.1 Å². The van der Waals surface area contributed by atoms with Crippen LogP contribution in [0.5, 0.6) is 0 Å². The van der Waals surface area contributed by atoms with Gasteiger partial charge in [0.15, 0.2) is 0 Å². The lowest BCUT2D eigenvalue weighted by molar-refractivity contribution is -0.151. The summed E-state index contributed by atoms with van der Waals surface area (Å²) in [7, 11) is 0. The molecular formula is C18H30O4. The van der Waals surface area contributed by atoms with Crippen molar-refractivity contribution in [2.24, 2.45) is 17.8 Å². The molecule has 0 saturated carbocycles. The molecule has 0 N–H and O–H groups in total. The van der Waals surface area contributed by atoms with Crippen LogP contribution in [0, 0.1) is 17.8 Å². The molecule has 0 aliphatic heterocycles. The van der Waals surface area contributed by atoms with Crippen molar-refractivity contribution in [3.05, 3.63) is 11.6 Å². The van der Waals surface area contributed by atoms with Crippen LogP contribution in [0.3, 0.4) is 0 Å². The Morgan fingerprint density at radius 2 is 1.68 bits per heavy atom. The van der Waals surface area contributed by atoms with Gasteiger partial charge in [-0.15, -0.1) is 0 Å². The largest absolute Gasteiger partial charge is 0.465 e. The number of carbonyl (C=O) groups excluding carboxylic acids is 2. The minimum atomic E-state index is -0.451. The topological polar surface area (TPSA) is 52.6 Å². The second-order valence-corrected chi connectivity index (χ2v) is 6.81. The molecular weight excluding hydrogens is 280 g/mol. The molecule has 1 unspecified atom stereocenters. The van der Waals surface area contributed by atoms with Crippen LogP contribution in [-0.2, 0) is 19.1 Å². The van der Waals surface area contributed by atoms with E-state index in [-0.39, 0.29) is 11.9 Å². The number of rotatable bonds is 8. The fourth-order valence-electron chi connectivity index (χ4n) is 2.31. The molecule has 1 aliphatic carbocycles. The Morgan fingerprint density at radius 1 is 1.09 bits per heavy atom. The van der Waals surface area contributed by atoms with Gasteiger partial charge in [-0.25, -0.2) is 4.79 Å². The normalized spacial score (nSPS) is 18.3. The molecule has 0 saturated heterocycles. The second-order valence-electron chi connectivity index (χ2n) is 6.81. The van der Waals surface area contributed by atoms with Gasteiger partial charge in [0, 0.05) is 5.57 Å². The van der Waals surface area contributed by atoms with E-state index in [0.717, 1.165) is 25.7 Å². The minimum absolute atomic E-state index is 0.285. The van der Waals surface area contributed by atoms with Crippen molar-refractivity contribution in [3.63, 3.8) is 0 Å². The van der Waals surface area contributed by atoms with E-state index in [9.17, 15) is 9.59 Å². The van der Waals surface area contributed by atoms with Crippen molar-refractivity contribution in [2.75, 3.05) is 13.2 Å². The lowest BCUT2D eigenvalue weighted by Gasteiger charge is -2.22.